The van der Waals surface area contributed by atoms with Crippen LogP contribution in [0.1, 0.15) is 21.7 Å². The van der Waals surface area contributed by atoms with Gasteiger partial charge < -0.3 is 10.0 Å². The summed E-state index contributed by atoms with van der Waals surface area (Å²) in [6, 6.07) is 6.80. The molecular formula is C17H14F3N3O4S2. The van der Waals surface area contributed by atoms with Crippen LogP contribution in [0.4, 0.5) is 29.5 Å². The number of nitrogens with zero attached hydrogens (tertiary/aromatic N) is 2. The Bertz CT molecular complexity index is 1140. The molecule has 12 heteroatoms. The highest BCUT2D eigenvalue weighted by atomic mass is 32.2. The van der Waals surface area contributed by atoms with Gasteiger partial charge in [0.05, 0.1) is 5.56 Å². The third kappa shape index (κ3) is 3.11. The van der Waals surface area contributed by atoms with Gasteiger partial charge in [0.1, 0.15) is 5.00 Å². The Morgan fingerprint density at radius 2 is 1.93 bits per heavy atom. The van der Waals surface area contributed by atoms with Crippen LogP contribution in [0, 0.1) is 6.92 Å². The van der Waals surface area contributed by atoms with Gasteiger partial charge in [-0.2, -0.15) is 21.6 Å². The number of alkyl halides is 3. The smallest absolute Gasteiger partial charge is 0.374 e. The second-order valence-electron chi connectivity index (χ2n) is 6.70. The molecular weight excluding hydrogens is 431 g/mol. The van der Waals surface area contributed by atoms with E-state index >= 15 is 0 Å². The number of anilines is 2. The molecule has 1 aromatic carbocycles. The second kappa shape index (κ2) is 6.28. The van der Waals surface area contributed by atoms with Gasteiger partial charge in [-0.3, -0.25) is 9.52 Å². The number of aryl methyl sites for hydroxylation is 1. The summed E-state index contributed by atoms with van der Waals surface area (Å²) >= 11 is 1.32. The molecule has 1 saturated heterocycles. The third-order valence-electron chi connectivity index (χ3n) is 4.72. The Labute approximate surface area is 167 Å². The number of aliphatic hydroxyl groups is 1. The van der Waals surface area contributed by atoms with Gasteiger partial charge in [0.2, 0.25) is 5.78 Å². The van der Waals surface area contributed by atoms with E-state index in [0.29, 0.717) is 16.3 Å². The van der Waals surface area contributed by atoms with Gasteiger partial charge in [0.25, 0.3) is 0 Å². The fraction of sp³-hybridized carbons (Fsp3) is 0.294. The molecule has 4 rings (SSSR count). The van der Waals surface area contributed by atoms with Gasteiger partial charge in [-0.1, -0.05) is 0 Å². The van der Waals surface area contributed by atoms with Crippen LogP contribution in [0.2, 0.25) is 0 Å². The van der Waals surface area contributed by atoms with Crippen LogP contribution >= 0.6 is 11.3 Å². The number of hydrogen-bond acceptors (Lipinski definition) is 7. The highest BCUT2D eigenvalue weighted by Gasteiger charge is 2.53. The van der Waals surface area contributed by atoms with Crippen LogP contribution in [-0.2, 0) is 10.0 Å². The van der Waals surface area contributed by atoms with Crippen LogP contribution in [0.15, 0.2) is 35.3 Å². The summed E-state index contributed by atoms with van der Waals surface area (Å²) in [4.78, 5) is 19.7. The minimum absolute atomic E-state index is 0.113. The maximum atomic E-state index is 12.8. The van der Waals surface area contributed by atoms with E-state index in [2.05, 4.69) is 4.99 Å². The lowest BCUT2D eigenvalue weighted by Gasteiger charge is -2.28. The molecule has 1 aromatic heterocycles. The zero-order valence-corrected chi connectivity index (χ0v) is 16.5. The minimum atomic E-state index is -5.52. The van der Waals surface area contributed by atoms with Crippen molar-refractivity contribution in [3.8, 4) is 0 Å². The Kier molecular flexibility index (Phi) is 4.30. The first kappa shape index (κ1) is 19.9. The molecule has 29 heavy (non-hydrogen) atoms. The quantitative estimate of drug-likeness (QED) is 0.756. The van der Waals surface area contributed by atoms with E-state index in [0.717, 1.165) is 4.88 Å². The van der Waals surface area contributed by atoms with Crippen molar-refractivity contribution in [1.29, 1.82) is 0 Å². The van der Waals surface area contributed by atoms with Crippen molar-refractivity contribution in [3.05, 3.63) is 40.8 Å². The number of aliphatic imine (C=N–C) groups is 1. The Hall–Kier alpha value is -2.44. The van der Waals surface area contributed by atoms with Crippen LogP contribution in [-0.4, -0.2) is 42.8 Å². The first-order valence-electron chi connectivity index (χ1n) is 8.36. The van der Waals surface area contributed by atoms with Crippen LogP contribution in [0.25, 0.3) is 0 Å². The van der Waals surface area contributed by atoms with Crippen LogP contribution in [0.5, 0.6) is 0 Å². The fourth-order valence-corrected chi connectivity index (χ4v) is 4.76. The summed E-state index contributed by atoms with van der Waals surface area (Å²) in [5.41, 5.74) is -6.63. The molecule has 2 N–H and O–H groups in total. The topological polar surface area (TPSA) is 99.1 Å². The molecule has 2 aromatic rings. The number of thiophene rings is 1. The maximum Gasteiger partial charge on any atom is 0.516 e. The number of fused-ring (bicyclic) bond motifs is 2. The standard InChI is InChI=1S/C17H14F3N3O4S2/c1-9-8-12-13(24)16(25)6-7-23(15(16)21-14(12)28-9)11-4-2-10(3-5-11)22-29(26,27)17(18,19)20/h2-5,8,22,25H,6-7H2,1H3. The van der Waals surface area contributed by atoms with E-state index < -0.39 is 26.9 Å². The Morgan fingerprint density at radius 1 is 1.28 bits per heavy atom. The second-order valence-corrected chi connectivity index (χ2v) is 9.61. The molecule has 3 heterocycles. The first-order chi connectivity index (χ1) is 13.4. The SMILES string of the molecule is Cc1cc2c(s1)N=C1N(c3ccc(NS(=O)(=O)C(F)(F)F)cc3)CCC1(O)C2=O. The highest BCUT2D eigenvalue weighted by Crippen LogP contribution is 2.43. The highest BCUT2D eigenvalue weighted by molar-refractivity contribution is 7.93. The number of rotatable bonds is 3. The number of nitrogens with one attached hydrogen (secondary N) is 1. The number of ketones is 1. The normalized spacial score (nSPS) is 21.6. The Morgan fingerprint density at radius 3 is 2.55 bits per heavy atom. The predicted molar refractivity (Wildman–Crippen MR) is 102 cm³/mol. The number of sulfonamides is 1. The molecule has 0 radical (unpaired) electrons. The van der Waals surface area contributed by atoms with Crippen molar-refractivity contribution in [2.24, 2.45) is 4.99 Å². The first-order valence-corrected chi connectivity index (χ1v) is 10.7. The van der Waals surface area contributed by atoms with Crippen molar-refractivity contribution in [1.82, 2.24) is 0 Å². The monoisotopic (exact) mass is 445 g/mol. The number of hydrogen-bond donors (Lipinski definition) is 2. The van der Waals surface area contributed by atoms with Crippen LogP contribution in [0.3, 0.4) is 0 Å². The van der Waals surface area contributed by atoms with E-state index in [1.165, 1.54) is 40.3 Å². The van der Waals surface area contributed by atoms with E-state index in [1.54, 1.807) is 11.0 Å². The molecule has 2 aliphatic rings. The van der Waals surface area contributed by atoms with Gasteiger partial charge in [0, 0.05) is 29.2 Å². The summed E-state index contributed by atoms with van der Waals surface area (Å²) in [5.74, 6) is -0.278. The van der Waals surface area contributed by atoms with Crippen molar-refractivity contribution in [3.63, 3.8) is 0 Å². The molecule has 0 bridgehead atoms. The molecule has 0 spiro atoms. The number of benzene rings is 1. The summed E-state index contributed by atoms with van der Waals surface area (Å²) in [6.45, 7) is 2.09. The van der Waals surface area contributed by atoms with E-state index in [-0.39, 0.29) is 24.5 Å². The number of carbonyl (C=O) groups excluding carboxylic acids is 1. The molecule has 1 fully saturated rings. The van der Waals surface area contributed by atoms with E-state index in [1.807, 2.05) is 6.92 Å². The molecule has 0 amide bonds. The summed E-state index contributed by atoms with van der Waals surface area (Å²) in [7, 11) is -5.52. The van der Waals surface area contributed by atoms with Crippen molar-refractivity contribution in [2.45, 2.75) is 24.5 Å². The zero-order valence-electron chi connectivity index (χ0n) is 14.8. The van der Waals surface area contributed by atoms with Crippen molar-refractivity contribution in [2.75, 3.05) is 16.2 Å². The number of amidine groups is 1. The summed E-state index contributed by atoms with van der Waals surface area (Å²) in [6.07, 6.45) is 0.113. The maximum absolute atomic E-state index is 12.8. The molecule has 0 aliphatic carbocycles. The molecule has 2 aliphatic heterocycles. The molecule has 1 atom stereocenters. The molecule has 7 nitrogen and oxygen atoms in total. The lowest BCUT2D eigenvalue weighted by molar-refractivity contribution is -0.0429. The van der Waals surface area contributed by atoms with Gasteiger partial charge in [-0.25, -0.2) is 4.99 Å². The lowest BCUT2D eigenvalue weighted by atomic mass is 9.90. The van der Waals surface area contributed by atoms with Gasteiger partial charge in [0.15, 0.2) is 11.4 Å². The molecule has 154 valence electrons. The zero-order chi connectivity index (χ0) is 21.2. The van der Waals surface area contributed by atoms with E-state index in [9.17, 15) is 31.5 Å². The van der Waals surface area contributed by atoms with Crippen molar-refractivity contribution < 1.29 is 31.5 Å². The minimum Gasteiger partial charge on any atom is -0.374 e. The average Bonchev–Trinajstić information content (AvgIpc) is 3.16. The number of halogens is 3. The third-order valence-corrected chi connectivity index (χ3v) is 6.78. The van der Waals surface area contributed by atoms with Gasteiger partial charge in [-0.05, 0) is 37.3 Å². The number of Topliss-reactive ketones (excluding diaryl/α,β-unsaturated/α-hetero) is 1. The molecule has 0 saturated carbocycles. The lowest BCUT2D eigenvalue weighted by Crippen LogP contribution is -2.48. The Balaban J connectivity index is 1.65. The summed E-state index contributed by atoms with van der Waals surface area (Å²) < 4.78 is 61.4. The largest absolute Gasteiger partial charge is 0.516 e. The van der Waals surface area contributed by atoms with Gasteiger partial charge in [-0.15, -0.1) is 11.3 Å². The summed E-state index contributed by atoms with van der Waals surface area (Å²) in [5, 5.41) is 11.4. The van der Waals surface area contributed by atoms with Crippen molar-refractivity contribution >= 4 is 49.4 Å². The molecule has 1 unspecified atom stereocenters. The predicted octanol–water partition coefficient (Wildman–Crippen LogP) is 3.19. The average molecular weight is 445 g/mol. The van der Waals surface area contributed by atoms with Gasteiger partial charge >= 0.3 is 15.5 Å². The fourth-order valence-electron chi connectivity index (χ4n) is 3.32. The van der Waals surface area contributed by atoms with E-state index in [4.69, 9.17) is 0 Å². The van der Waals surface area contributed by atoms with Crippen LogP contribution < -0.4 is 9.62 Å². The number of carbonyl (C=O) groups is 1.